The molecule has 0 amide bonds. The Balaban J connectivity index is 2.14. The van der Waals surface area contributed by atoms with Crippen molar-refractivity contribution in [1.29, 1.82) is 0 Å². The first-order chi connectivity index (χ1) is 8.76. The molecule has 2 unspecified atom stereocenters. The summed E-state index contributed by atoms with van der Waals surface area (Å²) in [5.41, 5.74) is 11.8. The van der Waals surface area contributed by atoms with Gasteiger partial charge in [-0.15, -0.1) is 0 Å². The molecule has 1 aliphatic rings. The van der Waals surface area contributed by atoms with E-state index in [0.717, 1.165) is 31.4 Å². The van der Waals surface area contributed by atoms with Gasteiger partial charge in [0.25, 0.3) is 0 Å². The van der Waals surface area contributed by atoms with E-state index in [1.807, 2.05) is 13.0 Å². The van der Waals surface area contributed by atoms with Gasteiger partial charge in [-0.05, 0) is 39.2 Å². The average Bonchev–Trinajstić information content (AvgIpc) is 2.39. The molecule has 0 radical (unpaired) electrons. The van der Waals surface area contributed by atoms with E-state index < -0.39 is 0 Å². The second-order valence-electron chi connectivity index (χ2n) is 4.51. The van der Waals surface area contributed by atoms with Crippen LogP contribution >= 0.6 is 0 Å². The van der Waals surface area contributed by atoms with Crippen molar-refractivity contribution >= 4 is 0 Å². The lowest BCUT2D eigenvalue weighted by Crippen LogP contribution is -2.33. The fraction of sp³-hybridized carbons (Fsp3) is 0.846. The van der Waals surface area contributed by atoms with Gasteiger partial charge in [0.2, 0.25) is 0 Å². The minimum Gasteiger partial charge on any atom is -0.400 e. The van der Waals surface area contributed by atoms with Gasteiger partial charge in [0.15, 0.2) is 6.29 Å². The van der Waals surface area contributed by atoms with Crippen LogP contribution in [0.25, 0.3) is 0 Å². The molecule has 0 bridgehead atoms. The van der Waals surface area contributed by atoms with E-state index in [-0.39, 0.29) is 12.4 Å². The van der Waals surface area contributed by atoms with Crippen molar-refractivity contribution in [3.8, 4) is 0 Å². The minimum atomic E-state index is -0.0991. The maximum atomic E-state index is 5.80. The van der Waals surface area contributed by atoms with Gasteiger partial charge in [-0.3, -0.25) is 0 Å². The van der Waals surface area contributed by atoms with Gasteiger partial charge in [0, 0.05) is 5.70 Å². The van der Waals surface area contributed by atoms with Crippen molar-refractivity contribution < 1.29 is 14.2 Å². The van der Waals surface area contributed by atoms with Crippen LogP contribution in [0.1, 0.15) is 32.6 Å². The minimum absolute atomic E-state index is 0.0991. The second-order valence-corrected chi connectivity index (χ2v) is 4.51. The van der Waals surface area contributed by atoms with Gasteiger partial charge in [-0.2, -0.15) is 0 Å². The van der Waals surface area contributed by atoms with E-state index in [1.54, 1.807) is 0 Å². The lowest BCUT2D eigenvalue weighted by molar-refractivity contribution is -0.203. The predicted molar refractivity (Wildman–Crippen MR) is 70.9 cm³/mol. The Hall–Kier alpha value is -0.620. The molecule has 0 saturated carbocycles. The molecule has 0 spiro atoms. The molecule has 2 atom stereocenters. The van der Waals surface area contributed by atoms with Crippen LogP contribution in [0, 0.1) is 0 Å². The highest BCUT2D eigenvalue weighted by atomic mass is 16.7. The summed E-state index contributed by atoms with van der Waals surface area (Å²) in [6.45, 7) is 4.26. The molecule has 4 N–H and O–H groups in total. The quantitative estimate of drug-likeness (QED) is 0.638. The Morgan fingerprint density at radius 2 is 2.28 bits per heavy atom. The van der Waals surface area contributed by atoms with Gasteiger partial charge in [0.1, 0.15) is 0 Å². The monoisotopic (exact) mass is 258 g/mol. The highest BCUT2D eigenvalue weighted by Gasteiger charge is 2.22. The predicted octanol–water partition coefficient (Wildman–Crippen LogP) is 1.13. The van der Waals surface area contributed by atoms with Crippen LogP contribution in [0.2, 0.25) is 0 Å². The molecule has 106 valence electrons. The van der Waals surface area contributed by atoms with E-state index in [0.29, 0.717) is 26.4 Å². The normalized spacial score (nSPS) is 25.3. The lowest BCUT2D eigenvalue weighted by Gasteiger charge is -2.29. The summed E-state index contributed by atoms with van der Waals surface area (Å²) in [5, 5.41) is 0. The zero-order chi connectivity index (χ0) is 13.2. The molecule has 18 heavy (non-hydrogen) atoms. The lowest BCUT2D eigenvalue weighted by atomic mass is 10.1. The molecule has 1 fully saturated rings. The first kappa shape index (κ1) is 15.4. The maximum absolute atomic E-state index is 5.80. The zero-order valence-electron chi connectivity index (χ0n) is 11.3. The van der Waals surface area contributed by atoms with Gasteiger partial charge < -0.3 is 25.7 Å². The fourth-order valence-electron chi connectivity index (χ4n) is 1.80. The van der Waals surface area contributed by atoms with Crippen molar-refractivity contribution in [3.63, 3.8) is 0 Å². The van der Waals surface area contributed by atoms with Crippen LogP contribution in [0.3, 0.4) is 0 Å². The Morgan fingerprint density at radius 3 is 3.00 bits per heavy atom. The molecular weight excluding hydrogens is 232 g/mol. The van der Waals surface area contributed by atoms with Crippen LogP contribution in [-0.4, -0.2) is 38.8 Å². The molecule has 5 heteroatoms. The number of ether oxygens (including phenoxy) is 3. The number of hydrogen-bond acceptors (Lipinski definition) is 5. The van der Waals surface area contributed by atoms with Crippen LogP contribution < -0.4 is 11.5 Å². The molecule has 0 aromatic heterocycles. The number of nitrogens with two attached hydrogens (primary N) is 2. The summed E-state index contributed by atoms with van der Waals surface area (Å²) in [6, 6.07) is 0. The summed E-state index contributed by atoms with van der Waals surface area (Å²) >= 11 is 0. The Bertz CT molecular complexity index is 246. The highest BCUT2D eigenvalue weighted by Crippen LogP contribution is 2.20. The molecule has 1 rings (SSSR count). The van der Waals surface area contributed by atoms with Gasteiger partial charge in [-0.25, -0.2) is 0 Å². The summed E-state index contributed by atoms with van der Waals surface area (Å²) in [5.74, 6) is 0. The Morgan fingerprint density at radius 1 is 1.44 bits per heavy atom. The summed E-state index contributed by atoms with van der Waals surface area (Å²) < 4.78 is 16.9. The van der Waals surface area contributed by atoms with Crippen LogP contribution in [0.15, 0.2) is 11.8 Å². The van der Waals surface area contributed by atoms with Crippen LogP contribution in [0.5, 0.6) is 0 Å². The Labute approximate surface area is 109 Å². The molecule has 0 aromatic rings. The number of allylic oxidation sites excluding steroid dienone is 1. The first-order valence-corrected chi connectivity index (χ1v) is 6.71. The van der Waals surface area contributed by atoms with Crippen molar-refractivity contribution in [1.82, 2.24) is 0 Å². The second kappa shape index (κ2) is 9.33. The smallest absolute Gasteiger partial charge is 0.158 e. The molecule has 5 nitrogen and oxygen atoms in total. The molecule has 1 heterocycles. The van der Waals surface area contributed by atoms with Crippen molar-refractivity contribution in [2.45, 2.75) is 45.0 Å². The van der Waals surface area contributed by atoms with E-state index in [1.165, 1.54) is 0 Å². The molecule has 1 aliphatic heterocycles. The van der Waals surface area contributed by atoms with Crippen molar-refractivity contribution in [2.24, 2.45) is 11.5 Å². The summed E-state index contributed by atoms with van der Waals surface area (Å²) in [6.07, 6.45) is 5.83. The van der Waals surface area contributed by atoms with Gasteiger partial charge in [-0.1, -0.05) is 6.08 Å². The largest absolute Gasteiger partial charge is 0.400 e. The third-order valence-corrected chi connectivity index (χ3v) is 2.91. The van der Waals surface area contributed by atoms with E-state index in [9.17, 15) is 0 Å². The van der Waals surface area contributed by atoms with E-state index >= 15 is 0 Å². The molecule has 0 aliphatic carbocycles. The number of hydrogen-bond donors (Lipinski definition) is 2. The topological polar surface area (TPSA) is 79.7 Å². The fourth-order valence-corrected chi connectivity index (χ4v) is 1.80. The SMILES string of the molecule is C/C=C(\N)COCC1CCCC(OCCCN)O1. The van der Waals surface area contributed by atoms with Crippen LogP contribution in [0.4, 0.5) is 0 Å². The van der Waals surface area contributed by atoms with Crippen molar-refractivity contribution in [2.75, 3.05) is 26.4 Å². The molecular formula is C13H26N2O3. The third kappa shape index (κ3) is 6.35. The van der Waals surface area contributed by atoms with Gasteiger partial charge in [0.05, 0.1) is 25.9 Å². The standard InChI is InChI=1S/C13H26N2O3/c1-2-11(15)9-16-10-12-5-3-6-13(18-12)17-8-4-7-14/h2,12-13H,3-10,14-15H2,1H3/b11-2-. The third-order valence-electron chi connectivity index (χ3n) is 2.91. The summed E-state index contributed by atoms with van der Waals surface area (Å²) in [4.78, 5) is 0. The average molecular weight is 258 g/mol. The first-order valence-electron chi connectivity index (χ1n) is 6.71. The van der Waals surface area contributed by atoms with E-state index in [2.05, 4.69) is 0 Å². The molecule has 0 aromatic carbocycles. The summed E-state index contributed by atoms with van der Waals surface area (Å²) in [7, 11) is 0. The van der Waals surface area contributed by atoms with E-state index in [4.69, 9.17) is 25.7 Å². The zero-order valence-corrected chi connectivity index (χ0v) is 11.3. The highest BCUT2D eigenvalue weighted by molar-refractivity contribution is 4.93. The van der Waals surface area contributed by atoms with Gasteiger partial charge >= 0.3 is 0 Å². The number of rotatable bonds is 8. The maximum Gasteiger partial charge on any atom is 0.158 e. The molecule has 1 saturated heterocycles. The van der Waals surface area contributed by atoms with Crippen molar-refractivity contribution in [3.05, 3.63) is 11.8 Å². The van der Waals surface area contributed by atoms with Crippen LogP contribution in [-0.2, 0) is 14.2 Å². The Kier molecular flexibility index (Phi) is 8.00.